The normalized spacial score (nSPS) is 10.1. The molecule has 0 amide bonds. The van der Waals surface area contributed by atoms with Gasteiger partial charge in [-0.3, -0.25) is 0 Å². The third-order valence-electron chi connectivity index (χ3n) is 2.70. The molecule has 0 saturated heterocycles. The maximum atomic E-state index is 5.64. The van der Waals surface area contributed by atoms with E-state index in [1.807, 2.05) is 61.5 Å². The van der Waals surface area contributed by atoms with Gasteiger partial charge in [0.25, 0.3) is 0 Å². The molecule has 0 aromatic heterocycles. The van der Waals surface area contributed by atoms with Gasteiger partial charge < -0.3 is 14.2 Å². The van der Waals surface area contributed by atoms with Gasteiger partial charge in [-0.2, -0.15) is 0 Å². The van der Waals surface area contributed by atoms with Crippen molar-refractivity contribution in [3.63, 3.8) is 0 Å². The van der Waals surface area contributed by atoms with Crippen molar-refractivity contribution >= 4 is 0 Å². The van der Waals surface area contributed by atoms with Crippen molar-refractivity contribution in [1.29, 1.82) is 0 Å². The first kappa shape index (κ1) is 14.3. The predicted molar refractivity (Wildman–Crippen MR) is 79.7 cm³/mol. The second-order valence-corrected chi connectivity index (χ2v) is 4.27. The molecular formula is C17H20O3. The summed E-state index contributed by atoms with van der Waals surface area (Å²) in [7, 11) is 0. The number of hydrogen-bond donors (Lipinski definition) is 0. The van der Waals surface area contributed by atoms with E-state index in [2.05, 4.69) is 0 Å². The zero-order valence-corrected chi connectivity index (χ0v) is 11.7. The van der Waals surface area contributed by atoms with E-state index in [-0.39, 0.29) is 0 Å². The van der Waals surface area contributed by atoms with Gasteiger partial charge in [0.15, 0.2) is 0 Å². The second-order valence-electron chi connectivity index (χ2n) is 4.27. The van der Waals surface area contributed by atoms with E-state index in [1.54, 1.807) is 0 Å². The Balaban J connectivity index is 1.63. The smallest absolute Gasteiger partial charge is 0.119 e. The van der Waals surface area contributed by atoms with E-state index < -0.39 is 0 Å². The zero-order chi connectivity index (χ0) is 14.0. The van der Waals surface area contributed by atoms with E-state index >= 15 is 0 Å². The average Bonchev–Trinajstić information content (AvgIpc) is 2.50. The van der Waals surface area contributed by atoms with E-state index in [4.69, 9.17) is 14.2 Å². The molecule has 0 unspecified atom stereocenters. The van der Waals surface area contributed by atoms with E-state index in [9.17, 15) is 0 Å². The van der Waals surface area contributed by atoms with Crippen molar-refractivity contribution in [3.8, 4) is 17.2 Å². The van der Waals surface area contributed by atoms with Crippen LogP contribution in [-0.2, 0) is 0 Å². The Labute approximate surface area is 120 Å². The summed E-state index contributed by atoms with van der Waals surface area (Å²) >= 11 is 0. The first-order valence-electron chi connectivity index (χ1n) is 6.92. The first-order valence-corrected chi connectivity index (χ1v) is 6.92. The summed E-state index contributed by atoms with van der Waals surface area (Å²) in [6.45, 7) is 3.94. The van der Waals surface area contributed by atoms with Crippen molar-refractivity contribution in [2.24, 2.45) is 0 Å². The van der Waals surface area contributed by atoms with Gasteiger partial charge in [0.2, 0.25) is 0 Å². The molecule has 20 heavy (non-hydrogen) atoms. The zero-order valence-electron chi connectivity index (χ0n) is 11.7. The van der Waals surface area contributed by atoms with Crippen molar-refractivity contribution in [3.05, 3.63) is 54.6 Å². The lowest BCUT2D eigenvalue weighted by Crippen LogP contribution is -2.04. The topological polar surface area (TPSA) is 27.7 Å². The number of rotatable bonds is 8. The fourth-order valence-corrected chi connectivity index (χ4v) is 1.75. The van der Waals surface area contributed by atoms with Crippen molar-refractivity contribution in [2.75, 3.05) is 19.8 Å². The summed E-state index contributed by atoms with van der Waals surface area (Å²) in [5, 5.41) is 0. The van der Waals surface area contributed by atoms with Gasteiger partial charge >= 0.3 is 0 Å². The molecule has 2 aromatic carbocycles. The van der Waals surface area contributed by atoms with Crippen LogP contribution in [0.3, 0.4) is 0 Å². The highest BCUT2D eigenvalue weighted by Gasteiger charge is 1.96. The molecule has 0 radical (unpaired) electrons. The van der Waals surface area contributed by atoms with Crippen LogP contribution in [0.2, 0.25) is 0 Å². The molecule has 2 rings (SSSR count). The largest absolute Gasteiger partial charge is 0.494 e. The van der Waals surface area contributed by atoms with Crippen LogP contribution in [0.25, 0.3) is 0 Å². The number of para-hydroxylation sites is 1. The SMILES string of the molecule is CCOc1ccc(OCCCOc2ccccc2)cc1. The molecule has 0 bridgehead atoms. The molecular weight excluding hydrogens is 252 g/mol. The standard InChI is InChI=1S/C17H20O3/c1-2-18-16-9-11-17(12-10-16)20-14-6-13-19-15-7-4-3-5-8-15/h3-5,7-12H,2,6,13-14H2,1H3. The van der Waals surface area contributed by atoms with Crippen molar-refractivity contribution in [2.45, 2.75) is 13.3 Å². The first-order chi connectivity index (χ1) is 9.88. The Morgan fingerprint density at radius 1 is 0.650 bits per heavy atom. The lowest BCUT2D eigenvalue weighted by molar-refractivity contribution is 0.247. The lowest BCUT2D eigenvalue weighted by atomic mass is 10.3. The molecule has 3 nitrogen and oxygen atoms in total. The molecule has 0 heterocycles. The van der Waals surface area contributed by atoms with Gasteiger partial charge in [-0.25, -0.2) is 0 Å². The minimum Gasteiger partial charge on any atom is -0.494 e. The van der Waals surface area contributed by atoms with Crippen LogP contribution in [0.15, 0.2) is 54.6 Å². The molecule has 2 aromatic rings. The Kier molecular flexibility index (Phi) is 5.77. The van der Waals surface area contributed by atoms with Crippen molar-refractivity contribution < 1.29 is 14.2 Å². The number of benzene rings is 2. The van der Waals surface area contributed by atoms with Gasteiger partial charge in [-0.05, 0) is 43.3 Å². The molecule has 0 saturated carbocycles. The van der Waals surface area contributed by atoms with Gasteiger partial charge in [-0.1, -0.05) is 18.2 Å². The minimum atomic E-state index is 0.640. The molecule has 106 valence electrons. The van der Waals surface area contributed by atoms with Crippen LogP contribution < -0.4 is 14.2 Å². The van der Waals surface area contributed by atoms with Crippen LogP contribution in [0.1, 0.15) is 13.3 Å². The van der Waals surface area contributed by atoms with Crippen LogP contribution in [-0.4, -0.2) is 19.8 Å². The quantitative estimate of drug-likeness (QED) is 0.681. The number of ether oxygens (including phenoxy) is 3. The molecule has 0 aliphatic rings. The van der Waals surface area contributed by atoms with Gasteiger partial charge in [0.05, 0.1) is 19.8 Å². The summed E-state index contributed by atoms with van der Waals surface area (Å²) in [4.78, 5) is 0. The third-order valence-corrected chi connectivity index (χ3v) is 2.70. The predicted octanol–water partition coefficient (Wildman–Crippen LogP) is 3.93. The molecule has 0 aliphatic carbocycles. The lowest BCUT2D eigenvalue weighted by Gasteiger charge is -2.08. The highest BCUT2D eigenvalue weighted by atomic mass is 16.5. The summed E-state index contributed by atoms with van der Waals surface area (Å²) < 4.78 is 16.6. The van der Waals surface area contributed by atoms with Crippen LogP contribution in [0, 0.1) is 0 Å². The summed E-state index contributed by atoms with van der Waals surface area (Å²) in [5.41, 5.74) is 0. The van der Waals surface area contributed by atoms with Crippen LogP contribution in [0.4, 0.5) is 0 Å². The van der Waals surface area contributed by atoms with Crippen LogP contribution in [0.5, 0.6) is 17.2 Å². The Hall–Kier alpha value is -2.16. The molecule has 0 spiro atoms. The van der Waals surface area contributed by atoms with E-state index in [0.29, 0.717) is 19.8 Å². The summed E-state index contributed by atoms with van der Waals surface area (Å²) in [6.07, 6.45) is 0.849. The Morgan fingerprint density at radius 3 is 1.70 bits per heavy atom. The maximum absolute atomic E-state index is 5.64. The maximum Gasteiger partial charge on any atom is 0.119 e. The minimum absolute atomic E-state index is 0.640. The molecule has 0 N–H and O–H groups in total. The Bertz CT molecular complexity index is 479. The van der Waals surface area contributed by atoms with Crippen molar-refractivity contribution in [1.82, 2.24) is 0 Å². The second kappa shape index (κ2) is 8.10. The van der Waals surface area contributed by atoms with Crippen LogP contribution >= 0.6 is 0 Å². The summed E-state index contributed by atoms with van der Waals surface area (Å²) in [5.74, 6) is 2.62. The molecule has 0 atom stereocenters. The van der Waals surface area contributed by atoms with E-state index in [0.717, 1.165) is 23.7 Å². The average molecular weight is 272 g/mol. The molecule has 0 aliphatic heterocycles. The fraction of sp³-hybridized carbons (Fsp3) is 0.294. The monoisotopic (exact) mass is 272 g/mol. The third kappa shape index (κ3) is 4.84. The molecule has 0 fully saturated rings. The van der Waals surface area contributed by atoms with Gasteiger partial charge in [0, 0.05) is 6.42 Å². The highest BCUT2D eigenvalue weighted by molar-refractivity contribution is 5.31. The molecule has 3 heteroatoms. The number of hydrogen-bond acceptors (Lipinski definition) is 3. The van der Waals surface area contributed by atoms with Gasteiger partial charge in [0.1, 0.15) is 17.2 Å². The van der Waals surface area contributed by atoms with Gasteiger partial charge in [-0.15, -0.1) is 0 Å². The summed E-state index contributed by atoms with van der Waals surface area (Å²) in [6, 6.07) is 17.5. The van der Waals surface area contributed by atoms with E-state index in [1.165, 1.54) is 0 Å². The highest BCUT2D eigenvalue weighted by Crippen LogP contribution is 2.17. The fourth-order valence-electron chi connectivity index (χ4n) is 1.75. The Morgan fingerprint density at radius 2 is 1.15 bits per heavy atom.